The lowest BCUT2D eigenvalue weighted by Crippen LogP contribution is -2.42. The third-order valence-corrected chi connectivity index (χ3v) is 3.68. The van der Waals surface area contributed by atoms with E-state index in [-0.39, 0.29) is 23.6 Å². The zero-order valence-electron chi connectivity index (χ0n) is 12.4. The first-order valence-corrected chi connectivity index (χ1v) is 7.01. The summed E-state index contributed by atoms with van der Waals surface area (Å²) in [6.45, 7) is -1.83. The largest absolute Gasteiger partial charge is 0.406 e. The number of halogens is 4. The molecule has 2 amide bonds. The molecule has 4 nitrogen and oxygen atoms in total. The van der Waals surface area contributed by atoms with Gasteiger partial charge in [-0.05, 0) is 30.0 Å². The smallest absolute Gasteiger partial charge is 0.347 e. The standard InChI is InChI=1S/C15H16F4N2O2/c1-21(8-15(17,18)19)13(22)7-20-14(23)12-6-11(12)9-2-4-10(16)5-3-9/h2-5,11-12H,6-8H2,1H3,(H,20,23)/t11-,12-/m0/s1. The first kappa shape index (κ1) is 17.2. The normalized spacial score (nSPS) is 20.0. The molecule has 8 heteroatoms. The third-order valence-electron chi connectivity index (χ3n) is 3.68. The van der Waals surface area contributed by atoms with Crippen LogP contribution >= 0.6 is 0 Å². The minimum absolute atomic E-state index is 0.0430. The molecular weight excluding hydrogens is 316 g/mol. The number of hydrogen-bond donors (Lipinski definition) is 1. The summed E-state index contributed by atoms with van der Waals surface area (Å²) in [7, 11) is 1.03. The zero-order chi connectivity index (χ0) is 17.2. The Bertz CT molecular complexity index is 586. The average Bonchev–Trinajstić information content (AvgIpc) is 3.23. The van der Waals surface area contributed by atoms with Crippen molar-refractivity contribution in [2.75, 3.05) is 20.1 Å². The minimum atomic E-state index is -4.47. The van der Waals surface area contributed by atoms with E-state index in [4.69, 9.17) is 0 Å². The number of hydrogen-bond acceptors (Lipinski definition) is 2. The highest BCUT2D eigenvalue weighted by Gasteiger charge is 2.44. The van der Waals surface area contributed by atoms with E-state index in [1.54, 1.807) is 12.1 Å². The van der Waals surface area contributed by atoms with Crippen molar-refractivity contribution < 1.29 is 27.2 Å². The van der Waals surface area contributed by atoms with Crippen LogP contribution in [0.3, 0.4) is 0 Å². The van der Waals surface area contributed by atoms with E-state index in [0.717, 1.165) is 12.6 Å². The van der Waals surface area contributed by atoms with Gasteiger partial charge in [0.05, 0.1) is 6.54 Å². The quantitative estimate of drug-likeness (QED) is 0.839. The molecule has 1 aromatic rings. The molecule has 0 unspecified atom stereocenters. The Labute approximate surface area is 130 Å². The Hall–Kier alpha value is -2.12. The SMILES string of the molecule is CN(CC(F)(F)F)C(=O)CNC(=O)[C@H]1C[C@H]1c1ccc(F)cc1. The first-order chi connectivity index (χ1) is 10.7. The molecular formula is C15H16F4N2O2. The number of rotatable bonds is 5. The van der Waals surface area contributed by atoms with Crippen molar-refractivity contribution in [2.24, 2.45) is 5.92 Å². The zero-order valence-corrected chi connectivity index (χ0v) is 12.4. The van der Waals surface area contributed by atoms with Crippen molar-refractivity contribution in [2.45, 2.75) is 18.5 Å². The van der Waals surface area contributed by atoms with Crippen LogP contribution in [0.1, 0.15) is 17.9 Å². The second-order valence-electron chi connectivity index (χ2n) is 5.58. The lowest BCUT2D eigenvalue weighted by molar-refractivity contribution is -0.158. The van der Waals surface area contributed by atoms with Crippen LogP contribution in [0.4, 0.5) is 17.6 Å². The minimum Gasteiger partial charge on any atom is -0.347 e. The molecule has 0 spiro atoms. The molecule has 126 valence electrons. The Morgan fingerprint density at radius 2 is 1.87 bits per heavy atom. The molecule has 2 atom stereocenters. The lowest BCUT2D eigenvalue weighted by atomic mass is 10.1. The fraction of sp³-hybridized carbons (Fsp3) is 0.467. The Morgan fingerprint density at radius 3 is 2.43 bits per heavy atom. The molecule has 2 rings (SSSR count). The molecule has 1 fully saturated rings. The second kappa shape index (κ2) is 6.55. The molecule has 0 aliphatic heterocycles. The molecule has 1 saturated carbocycles. The van der Waals surface area contributed by atoms with Crippen molar-refractivity contribution in [3.8, 4) is 0 Å². The van der Waals surface area contributed by atoms with Gasteiger partial charge in [-0.25, -0.2) is 4.39 Å². The van der Waals surface area contributed by atoms with E-state index in [0.29, 0.717) is 11.3 Å². The monoisotopic (exact) mass is 332 g/mol. The van der Waals surface area contributed by atoms with Gasteiger partial charge in [-0.3, -0.25) is 9.59 Å². The van der Waals surface area contributed by atoms with Crippen LogP contribution in [0.25, 0.3) is 0 Å². The predicted octanol–water partition coefficient (Wildman–Crippen LogP) is 2.07. The fourth-order valence-corrected chi connectivity index (χ4v) is 2.35. The van der Waals surface area contributed by atoms with E-state index in [9.17, 15) is 27.2 Å². The van der Waals surface area contributed by atoms with Crippen molar-refractivity contribution in [1.29, 1.82) is 0 Å². The van der Waals surface area contributed by atoms with Crippen molar-refractivity contribution in [3.63, 3.8) is 0 Å². The number of amides is 2. The number of likely N-dealkylation sites (N-methyl/N-ethyl adjacent to an activating group) is 1. The molecule has 0 saturated heterocycles. The van der Waals surface area contributed by atoms with E-state index in [1.807, 2.05) is 0 Å². The molecule has 0 aromatic heterocycles. The molecule has 0 bridgehead atoms. The van der Waals surface area contributed by atoms with Gasteiger partial charge in [-0.1, -0.05) is 12.1 Å². The summed E-state index contributed by atoms with van der Waals surface area (Å²) >= 11 is 0. The summed E-state index contributed by atoms with van der Waals surface area (Å²) in [5.74, 6) is -1.93. The fourth-order valence-electron chi connectivity index (χ4n) is 2.35. The van der Waals surface area contributed by atoms with Gasteiger partial charge in [-0.2, -0.15) is 13.2 Å². The van der Waals surface area contributed by atoms with Crippen LogP contribution in [-0.2, 0) is 9.59 Å². The molecule has 0 heterocycles. The summed E-state index contributed by atoms with van der Waals surface area (Å²) in [6.07, 6.45) is -3.90. The third kappa shape index (κ3) is 4.94. The highest BCUT2D eigenvalue weighted by Crippen LogP contribution is 2.47. The molecule has 1 aliphatic rings. The lowest BCUT2D eigenvalue weighted by Gasteiger charge is -2.19. The molecule has 1 aliphatic carbocycles. The summed E-state index contributed by atoms with van der Waals surface area (Å²) < 4.78 is 49.3. The van der Waals surface area contributed by atoms with E-state index < -0.39 is 25.2 Å². The maximum absolute atomic E-state index is 12.8. The molecule has 1 N–H and O–H groups in total. The van der Waals surface area contributed by atoms with Gasteiger partial charge < -0.3 is 10.2 Å². The predicted molar refractivity (Wildman–Crippen MR) is 73.9 cm³/mol. The van der Waals surface area contributed by atoms with Crippen LogP contribution in [0, 0.1) is 11.7 Å². The number of benzene rings is 1. The van der Waals surface area contributed by atoms with E-state index >= 15 is 0 Å². The molecule has 1 aromatic carbocycles. The summed E-state index contributed by atoms with van der Waals surface area (Å²) in [6, 6.07) is 5.79. The maximum atomic E-state index is 12.8. The van der Waals surface area contributed by atoms with Crippen molar-refractivity contribution in [1.82, 2.24) is 10.2 Å². The Kier molecular flexibility index (Phi) is 4.91. The number of alkyl halides is 3. The number of nitrogens with one attached hydrogen (secondary N) is 1. The van der Waals surface area contributed by atoms with Gasteiger partial charge in [0.25, 0.3) is 0 Å². The number of nitrogens with zero attached hydrogens (tertiary/aromatic N) is 1. The number of carbonyl (C=O) groups excluding carboxylic acids is 2. The van der Waals surface area contributed by atoms with Gasteiger partial charge in [0.2, 0.25) is 11.8 Å². The van der Waals surface area contributed by atoms with E-state index in [1.165, 1.54) is 12.1 Å². The topological polar surface area (TPSA) is 49.4 Å². The summed E-state index contributed by atoms with van der Waals surface area (Å²) in [5.41, 5.74) is 0.826. The van der Waals surface area contributed by atoms with Gasteiger partial charge in [-0.15, -0.1) is 0 Å². The van der Waals surface area contributed by atoms with Crippen LogP contribution in [-0.4, -0.2) is 43.0 Å². The maximum Gasteiger partial charge on any atom is 0.406 e. The van der Waals surface area contributed by atoms with Crippen molar-refractivity contribution >= 4 is 11.8 Å². The van der Waals surface area contributed by atoms with Crippen molar-refractivity contribution in [3.05, 3.63) is 35.6 Å². The molecule has 0 radical (unpaired) electrons. The summed E-state index contributed by atoms with van der Waals surface area (Å²) in [5, 5.41) is 2.35. The Morgan fingerprint density at radius 1 is 1.26 bits per heavy atom. The van der Waals surface area contributed by atoms with Crippen LogP contribution in [0.15, 0.2) is 24.3 Å². The summed E-state index contributed by atoms with van der Waals surface area (Å²) in [4.78, 5) is 23.9. The van der Waals surface area contributed by atoms with Crippen LogP contribution in [0.2, 0.25) is 0 Å². The van der Waals surface area contributed by atoms with Gasteiger partial charge in [0.15, 0.2) is 0 Å². The second-order valence-corrected chi connectivity index (χ2v) is 5.58. The van der Waals surface area contributed by atoms with Crippen LogP contribution in [0.5, 0.6) is 0 Å². The first-order valence-electron chi connectivity index (χ1n) is 7.01. The number of carbonyl (C=O) groups is 2. The Balaban J connectivity index is 1.78. The van der Waals surface area contributed by atoms with E-state index in [2.05, 4.69) is 5.32 Å². The van der Waals surface area contributed by atoms with Gasteiger partial charge in [0.1, 0.15) is 12.4 Å². The van der Waals surface area contributed by atoms with Gasteiger partial charge in [0, 0.05) is 13.0 Å². The van der Waals surface area contributed by atoms with Crippen LogP contribution < -0.4 is 5.32 Å². The average molecular weight is 332 g/mol. The van der Waals surface area contributed by atoms with Gasteiger partial charge >= 0.3 is 6.18 Å². The highest BCUT2D eigenvalue weighted by atomic mass is 19.4. The molecule has 23 heavy (non-hydrogen) atoms. The highest BCUT2D eigenvalue weighted by molar-refractivity contribution is 5.87.